The second-order valence-corrected chi connectivity index (χ2v) is 14.0. The Kier molecular flexibility index (Phi) is 12.0. The zero-order valence-corrected chi connectivity index (χ0v) is 31.5. The van der Waals surface area contributed by atoms with Crippen LogP contribution in [0.2, 0.25) is 10.0 Å². The monoisotopic (exact) mass is 758 g/mol. The average molecular weight is 760 g/mol. The number of carbonyl (C=O) groups is 1. The third kappa shape index (κ3) is 9.76. The van der Waals surface area contributed by atoms with Gasteiger partial charge in [0.2, 0.25) is 11.8 Å². The smallest absolute Gasteiger partial charge is 0.246 e. The number of carbonyl (C=O) groups excluding carboxylic acids is 1. The second-order valence-electron chi connectivity index (χ2n) is 13.2. The number of piperazine rings is 1. The lowest BCUT2D eigenvalue weighted by Crippen LogP contribution is -2.47. The Bertz CT molecular complexity index is 2210. The number of hydrogen-bond donors (Lipinski definition) is 0. The zero-order valence-electron chi connectivity index (χ0n) is 30.0. The first-order valence-corrected chi connectivity index (χ1v) is 18.7. The van der Waals surface area contributed by atoms with Crippen LogP contribution in [0.3, 0.4) is 0 Å². The quantitative estimate of drug-likeness (QED) is 0.109. The lowest BCUT2D eigenvalue weighted by atomic mass is 10.1. The van der Waals surface area contributed by atoms with Crippen LogP contribution in [0.15, 0.2) is 122 Å². The van der Waals surface area contributed by atoms with Gasteiger partial charge < -0.3 is 19.1 Å². The van der Waals surface area contributed by atoms with Gasteiger partial charge in [-0.15, -0.1) is 0 Å². The summed E-state index contributed by atoms with van der Waals surface area (Å²) >= 11 is 12.9. The highest BCUT2D eigenvalue weighted by Crippen LogP contribution is 2.34. The van der Waals surface area contributed by atoms with Crippen LogP contribution in [0.25, 0.3) is 17.0 Å². The predicted molar refractivity (Wildman–Crippen MR) is 215 cm³/mol. The molecule has 3 heterocycles. The molecule has 0 atom stereocenters. The Morgan fingerprint density at radius 3 is 2.37 bits per heavy atom. The van der Waals surface area contributed by atoms with Gasteiger partial charge in [-0.05, 0) is 83.8 Å². The summed E-state index contributed by atoms with van der Waals surface area (Å²) in [5, 5.41) is 2.16. The van der Waals surface area contributed by atoms with E-state index in [2.05, 4.69) is 39.1 Å². The SMILES string of the molecule is Cc1cc(/C=C/C(=O)N2CCN(Cc3ccc(CCOc4ccc5ncccc5c4)cc3)CC2)cc(Cl)c1Oc1ccc(OCc2ccccc2Cl)cn1. The number of pyridine rings is 2. The van der Waals surface area contributed by atoms with Crippen molar-refractivity contribution in [3.05, 3.63) is 159 Å². The van der Waals surface area contributed by atoms with Gasteiger partial charge >= 0.3 is 0 Å². The first-order chi connectivity index (χ1) is 26.4. The molecule has 1 amide bonds. The summed E-state index contributed by atoms with van der Waals surface area (Å²) in [6, 6.07) is 33.5. The van der Waals surface area contributed by atoms with Crippen molar-refractivity contribution in [2.75, 3.05) is 32.8 Å². The molecular weight excluding hydrogens is 719 g/mol. The molecule has 274 valence electrons. The van der Waals surface area contributed by atoms with Crippen LogP contribution >= 0.6 is 23.2 Å². The van der Waals surface area contributed by atoms with Gasteiger partial charge in [-0.3, -0.25) is 14.7 Å². The van der Waals surface area contributed by atoms with Gasteiger partial charge in [0, 0.05) is 73.5 Å². The van der Waals surface area contributed by atoms with E-state index in [-0.39, 0.29) is 5.91 Å². The number of benzene rings is 4. The fourth-order valence-corrected chi connectivity index (χ4v) is 6.78. The summed E-state index contributed by atoms with van der Waals surface area (Å²) in [6.07, 6.45) is 7.64. The molecule has 8 nitrogen and oxygen atoms in total. The molecule has 10 heteroatoms. The summed E-state index contributed by atoms with van der Waals surface area (Å²) in [6.45, 7) is 6.68. The molecule has 0 N–H and O–H groups in total. The van der Waals surface area contributed by atoms with Gasteiger partial charge in [-0.25, -0.2) is 4.98 Å². The molecule has 0 aliphatic carbocycles. The van der Waals surface area contributed by atoms with E-state index < -0.39 is 0 Å². The number of nitrogens with zero attached hydrogens (tertiary/aromatic N) is 4. The van der Waals surface area contributed by atoms with Crippen molar-refractivity contribution in [2.24, 2.45) is 0 Å². The van der Waals surface area contributed by atoms with Crippen LogP contribution in [-0.4, -0.2) is 58.5 Å². The number of rotatable bonds is 13. The Labute approximate surface area is 325 Å². The maximum absolute atomic E-state index is 13.1. The van der Waals surface area contributed by atoms with E-state index in [9.17, 15) is 4.79 Å². The number of aromatic nitrogens is 2. The van der Waals surface area contributed by atoms with E-state index >= 15 is 0 Å². The molecule has 0 unspecified atom stereocenters. The fraction of sp³-hybridized carbons (Fsp3) is 0.205. The summed E-state index contributed by atoms with van der Waals surface area (Å²) in [5.74, 6) is 2.33. The summed E-state index contributed by atoms with van der Waals surface area (Å²) < 4.78 is 17.8. The van der Waals surface area contributed by atoms with Crippen LogP contribution in [0.1, 0.15) is 27.8 Å². The summed E-state index contributed by atoms with van der Waals surface area (Å²) in [4.78, 5) is 26.1. The van der Waals surface area contributed by atoms with Gasteiger partial charge in [-0.1, -0.05) is 71.7 Å². The van der Waals surface area contributed by atoms with Gasteiger partial charge in [0.1, 0.15) is 18.1 Å². The van der Waals surface area contributed by atoms with E-state index in [0.29, 0.717) is 53.7 Å². The van der Waals surface area contributed by atoms with Crippen LogP contribution in [0.5, 0.6) is 23.1 Å². The zero-order chi connectivity index (χ0) is 37.3. The molecule has 0 radical (unpaired) electrons. The fourth-order valence-electron chi connectivity index (χ4n) is 6.28. The third-order valence-corrected chi connectivity index (χ3v) is 9.93. The van der Waals surface area contributed by atoms with Crippen molar-refractivity contribution >= 4 is 46.1 Å². The highest BCUT2D eigenvalue weighted by Gasteiger charge is 2.20. The Morgan fingerprint density at radius 2 is 1.59 bits per heavy atom. The topological polar surface area (TPSA) is 77.0 Å². The Balaban J connectivity index is 0.839. The molecule has 7 rings (SSSR count). The minimum absolute atomic E-state index is 0.0169. The minimum Gasteiger partial charge on any atom is -0.493 e. The van der Waals surface area contributed by atoms with Crippen molar-refractivity contribution < 1.29 is 19.0 Å². The van der Waals surface area contributed by atoms with Gasteiger partial charge in [0.15, 0.2) is 5.75 Å². The van der Waals surface area contributed by atoms with Gasteiger partial charge in [0.05, 0.1) is 23.3 Å². The maximum Gasteiger partial charge on any atom is 0.246 e. The molecule has 1 fully saturated rings. The molecule has 54 heavy (non-hydrogen) atoms. The molecule has 4 aromatic carbocycles. The molecule has 6 aromatic rings. The molecule has 1 saturated heterocycles. The number of aryl methyl sites for hydroxylation is 1. The van der Waals surface area contributed by atoms with Crippen LogP contribution in [-0.2, 0) is 24.4 Å². The second kappa shape index (κ2) is 17.6. The van der Waals surface area contributed by atoms with Crippen molar-refractivity contribution in [3.63, 3.8) is 0 Å². The van der Waals surface area contributed by atoms with E-state index in [1.807, 2.05) is 72.5 Å². The number of fused-ring (bicyclic) bond motifs is 1. The average Bonchev–Trinajstić information content (AvgIpc) is 3.19. The minimum atomic E-state index is -0.0169. The van der Waals surface area contributed by atoms with E-state index in [1.54, 1.807) is 42.7 Å². The maximum atomic E-state index is 13.1. The number of halogens is 2. The number of amides is 1. The lowest BCUT2D eigenvalue weighted by Gasteiger charge is -2.34. The molecular formula is C44H40Cl2N4O4. The highest BCUT2D eigenvalue weighted by atomic mass is 35.5. The van der Waals surface area contributed by atoms with E-state index in [1.165, 1.54) is 11.1 Å². The van der Waals surface area contributed by atoms with E-state index in [4.69, 9.17) is 37.4 Å². The molecule has 1 aliphatic heterocycles. The lowest BCUT2D eigenvalue weighted by molar-refractivity contribution is -0.127. The summed E-state index contributed by atoms with van der Waals surface area (Å²) in [7, 11) is 0. The Hall–Kier alpha value is -5.41. The van der Waals surface area contributed by atoms with Crippen molar-refractivity contribution in [1.82, 2.24) is 19.8 Å². The van der Waals surface area contributed by atoms with Crippen molar-refractivity contribution in [3.8, 4) is 23.1 Å². The van der Waals surface area contributed by atoms with Crippen molar-refractivity contribution in [1.29, 1.82) is 0 Å². The van der Waals surface area contributed by atoms with Crippen LogP contribution in [0.4, 0.5) is 0 Å². The van der Waals surface area contributed by atoms with Gasteiger partial charge in [-0.2, -0.15) is 0 Å². The van der Waals surface area contributed by atoms with Crippen LogP contribution in [0, 0.1) is 6.92 Å². The molecule has 0 saturated carbocycles. The first-order valence-electron chi connectivity index (χ1n) is 17.9. The number of ether oxygens (including phenoxy) is 3. The third-order valence-electron chi connectivity index (χ3n) is 9.29. The standard InChI is InChI=1S/C44H40Cl2N4O4/c1-31-25-34(26-40(46)44(31)54-42-16-14-38(28-48-42)53-30-36-5-2-3-7-39(36)45)12-17-43(51)50-22-20-49(21-23-50)29-33-10-8-32(9-11-33)18-24-52-37-13-15-41-35(27-37)6-4-19-47-41/h2-17,19,25-28H,18,20-24,29-30H2,1H3/b17-12+. The van der Waals surface area contributed by atoms with Crippen molar-refractivity contribution in [2.45, 2.75) is 26.5 Å². The van der Waals surface area contributed by atoms with E-state index in [0.717, 1.165) is 59.4 Å². The predicted octanol–water partition coefficient (Wildman–Crippen LogP) is 9.60. The first kappa shape index (κ1) is 36.9. The molecule has 0 bridgehead atoms. The number of hydrogen-bond acceptors (Lipinski definition) is 7. The van der Waals surface area contributed by atoms with Gasteiger partial charge in [0.25, 0.3) is 0 Å². The molecule has 1 aliphatic rings. The Morgan fingerprint density at radius 1 is 0.796 bits per heavy atom. The normalized spacial score (nSPS) is 13.4. The van der Waals surface area contributed by atoms with Crippen LogP contribution < -0.4 is 14.2 Å². The largest absolute Gasteiger partial charge is 0.493 e. The highest BCUT2D eigenvalue weighted by molar-refractivity contribution is 6.32. The molecule has 2 aromatic heterocycles. The molecule has 0 spiro atoms. The summed E-state index contributed by atoms with van der Waals surface area (Å²) in [5.41, 5.74) is 5.99.